The monoisotopic (exact) mass is 432 g/mol. The second kappa shape index (κ2) is 7.84. The van der Waals surface area contributed by atoms with E-state index in [9.17, 15) is 57.1 Å². The van der Waals surface area contributed by atoms with Crippen molar-refractivity contribution in [3.05, 3.63) is 0 Å². The zero-order chi connectivity index (χ0) is 22.1. The molecule has 164 valence electrons. The summed E-state index contributed by atoms with van der Waals surface area (Å²) in [6.45, 7) is 2.45. The van der Waals surface area contributed by atoms with Crippen molar-refractivity contribution in [3.63, 3.8) is 0 Å². The smallest absolute Gasteiger partial charge is 0.207 e. The molecule has 0 aromatic rings. The number of halogens is 13. The van der Waals surface area contributed by atoms with Crippen LogP contribution in [0, 0.1) is 5.92 Å². The second-order valence-electron chi connectivity index (χ2n) is 6.93. The topological polar surface area (TPSA) is 0 Å². The predicted octanol–water partition coefficient (Wildman–Crippen LogP) is 7.33. The van der Waals surface area contributed by atoms with Gasteiger partial charge in [0.1, 0.15) is 0 Å². The van der Waals surface area contributed by atoms with Gasteiger partial charge in [-0.25, -0.2) is 35.1 Å². The molecule has 0 rings (SSSR count). The first-order valence-corrected chi connectivity index (χ1v) is 7.45. The minimum absolute atomic E-state index is 0.801. The summed E-state index contributed by atoms with van der Waals surface area (Å²) >= 11 is 0. The van der Waals surface area contributed by atoms with Crippen LogP contribution >= 0.6 is 0 Å². The van der Waals surface area contributed by atoms with Crippen LogP contribution in [-0.2, 0) is 0 Å². The third kappa shape index (κ3) is 9.72. The van der Waals surface area contributed by atoms with Crippen LogP contribution in [0.1, 0.15) is 46.0 Å². The Labute approximate surface area is 146 Å². The molecule has 13 heteroatoms. The zero-order valence-electron chi connectivity index (χ0n) is 14.0. The molecule has 0 spiro atoms. The van der Waals surface area contributed by atoms with Crippen LogP contribution in [0.15, 0.2) is 0 Å². The summed E-state index contributed by atoms with van der Waals surface area (Å²) in [7, 11) is 0. The minimum atomic E-state index is -6.46. The van der Waals surface area contributed by atoms with Crippen LogP contribution in [0.4, 0.5) is 57.1 Å². The van der Waals surface area contributed by atoms with E-state index in [1.807, 2.05) is 0 Å². The van der Waals surface area contributed by atoms with Gasteiger partial charge in [0, 0.05) is 6.42 Å². The van der Waals surface area contributed by atoms with Gasteiger partial charge in [-0.05, 0) is 5.92 Å². The largest absolute Gasteiger partial charge is 0.453 e. The lowest BCUT2D eigenvalue weighted by Crippen LogP contribution is -2.44. The Morgan fingerprint density at radius 2 is 0.778 bits per heavy atom. The number of rotatable bonds is 10. The molecule has 0 aliphatic carbocycles. The Bertz CT molecular complexity index is 476. The molecular weight excluding hydrogens is 415 g/mol. The van der Waals surface area contributed by atoms with Gasteiger partial charge in [-0.15, -0.1) is 0 Å². The van der Waals surface area contributed by atoms with Crippen molar-refractivity contribution in [2.75, 3.05) is 0 Å². The van der Waals surface area contributed by atoms with Gasteiger partial charge in [0.2, 0.25) is 0 Å². The molecule has 0 aliphatic rings. The summed E-state index contributed by atoms with van der Waals surface area (Å²) in [5, 5.41) is 0. The first-order chi connectivity index (χ1) is 11.5. The van der Waals surface area contributed by atoms with Gasteiger partial charge in [-0.1, -0.05) is 13.8 Å². The Kier molecular flexibility index (Phi) is 7.58. The summed E-state index contributed by atoms with van der Waals surface area (Å²) in [5.74, 6) is -26.4. The Balaban J connectivity index is 5.14. The van der Waals surface area contributed by atoms with Gasteiger partial charge < -0.3 is 0 Å². The van der Waals surface area contributed by atoms with E-state index in [1.54, 1.807) is 0 Å². The minimum Gasteiger partial charge on any atom is -0.207 e. The molecule has 0 saturated heterocycles. The highest BCUT2D eigenvalue weighted by atomic mass is 19.4. The molecule has 0 aromatic carbocycles. The van der Waals surface area contributed by atoms with Gasteiger partial charge in [0.15, 0.2) is 0 Å². The van der Waals surface area contributed by atoms with E-state index in [2.05, 4.69) is 0 Å². The molecule has 0 radical (unpaired) electrons. The third-order valence-corrected chi connectivity index (χ3v) is 3.15. The number of hydrogen-bond donors (Lipinski definition) is 0. The highest BCUT2D eigenvalue weighted by Crippen LogP contribution is 2.48. The van der Waals surface area contributed by atoms with Gasteiger partial charge >= 0.3 is 12.1 Å². The van der Waals surface area contributed by atoms with E-state index < -0.39 is 73.8 Å². The molecule has 0 amide bonds. The quantitative estimate of drug-likeness (QED) is 0.317. The molecule has 0 unspecified atom stereocenters. The first-order valence-electron chi connectivity index (χ1n) is 7.45. The van der Waals surface area contributed by atoms with Crippen LogP contribution in [-0.4, -0.2) is 35.8 Å². The number of hydrogen-bond acceptors (Lipinski definition) is 0. The van der Waals surface area contributed by atoms with Crippen molar-refractivity contribution in [1.82, 2.24) is 0 Å². The Morgan fingerprint density at radius 1 is 0.481 bits per heavy atom. The maximum atomic E-state index is 13.4. The third-order valence-electron chi connectivity index (χ3n) is 3.15. The lowest BCUT2D eigenvalue weighted by Gasteiger charge is -2.30. The zero-order valence-corrected chi connectivity index (χ0v) is 14.0. The summed E-state index contributed by atoms with van der Waals surface area (Å²) in [6, 6.07) is 0. The van der Waals surface area contributed by atoms with Crippen LogP contribution in [0.3, 0.4) is 0 Å². The maximum Gasteiger partial charge on any atom is 0.453 e. The van der Waals surface area contributed by atoms with Gasteiger partial charge in [0.25, 0.3) is 23.7 Å². The second-order valence-corrected chi connectivity index (χ2v) is 6.93. The molecular formula is C14H17F13. The van der Waals surface area contributed by atoms with Crippen molar-refractivity contribution < 1.29 is 57.1 Å². The first kappa shape index (κ1) is 26.1. The molecule has 0 nitrogen and oxygen atoms in total. The highest BCUT2D eigenvalue weighted by Gasteiger charge is 2.63. The fourth-order valence-electron chi connectivity index (χ4n) is 2.42. The number of alkyl halides is 13. The molecule has 27 heavy (non-hydrogen) atoms. The van der Waals surface area contributed by atoms with Crippen LogP contribution in [0.25, 0.3) is 0 Å². The van der Waals surface area contributed by atoms with E-state index in [0.717, 1.165) is 0 Å². The summed E-state index contributed by atoms with van der Waals surface area (Å²) in [4.78, 5) is 0. The van der Waals surface area contributed by atoms with E-state index in [-0.39, 0.29) is 0 Å². The molecule has 0 N–H and O–H groups in total. The molecule has 0 aromatic heterocycles. The predicted molar refractivity (Wildman–Crippen MR) is 68.7 cm³/mol. The fraction of sp³-hybridized carbons (Fsp3) is 1.00. The van der Waals surface area contributed by atoms with Gasteiger partial charge in [0.05, 0.1) is 25.7 Å². The molecule has 0 atom stereocenters. The highest BCUT2D eigenvalue weighted by molar-refractivity contribution is 4.90. The van der Waals surface area contributed by atoms with Crippen molar-refractivity contribution in [1.29, 1.82) is 0 Å². The van der Waals surface area contributed by atoms with Crippen LogP contribution in [0.2, 0.25) is 0 Å². The lowest BCUT2D eigenvalue weighted by atomic mass is 9.94. The Morgan fingerprint density at radius 3 is 1.07 bits per heavy atom. The summed E-state index contributed by atoms with van der Waals surface area (Å²) in [5.41, 5.74) is 0. The molecule has 0 fully saturated rings. The van der Waals surface area contributed by atoms with E-state index in [1.165, 1.54) is 13.8 Å². The average Bonchev–Trinajstić information content (AvgIpc) is 2.15. The van der Waals surface area contributed by atoms with E-state index in [4.69, 9.17) is 0 Å². The average molecular weight is 432 g/mol. The lowest BCUT2D eigenvalue weighted by molar-refractivity contribution is -0.304. The van der Waals surface area contributed by atoms with Crippen molar-refractivity contribution in [2.24, 2.45) is 5.92 Å². The summed E-state index contributed by atoms with van der Waals surface area (Å²) in [6.07, 6.45) is -19.3. The van der Waals surface area contributed by atoms with Crippen molar-refractivity contribution >= 4 is 0 Å². The normalized spacial score (nSPS) is 15.6. The van der Waals surface area contributed by atoms with Crippen molar-refractivity contribution in [2.45, 2.75) is 81.7 Å². The van der Waals surface area contributed by atoms with Crippen LogP contribution < -0.4 is 0 Å². The van der Waals surface area contributed by atoms with E-state index >= 15 is 0 Å². The fourth-order valence-corrected chi connectivity index (χ4v) is 2.42. The van der Waals surface area contributed by atoms with E-state index in [0.29, 0.717) is 0 Å². The van der Waals surface area contributed by atoms with Gasteiger partial charge in [-0.3, -0.25) is 0 Å². The molecule has 0 saturated carbocycles. The summed E-state index contributed by atoms with van der Waals surface area (Å²) < 4.78 is 168. The SMILES string of the molecule is CC(C)CC(F)(F)CC(F)(F)CC(F)(F)CC(F)(F)CC(F)(F)C(F)(F)F. The molecule has 0 aliphatic heterocycles. The standard InChI is InChI=1S/C14H17F13/c1-8(2)3-9(15,16)4-10(17,18)5-11(19,20)6-12(21,22)7-13(23,24)14(25,26)27/h8H,3-7H2,1-2H3. The van der Waals surface area contributed by atoms with Crippen LogP contribution in [0.5, 0.6) is 0 Å². The van der Waals surface area contributed by atoms with Gasteiger partial charge in [-0.2, -0.15) is 22.0 Å². The molecule has 0 heterocycles. The van der Waals surface area contributed by atoms with Crippen molar-refractivity contribution in [3.8, 4) is 0 Å². The Hall–Kier alpha value is -0.910. The maximum absolute atomic E-state index is 13.4. The molecule has 0 bridgehead atoms.